The third kappa shape index (κ3) is 3.71. The number of rotatable bonds is 5. The van der Waals surface area contributed by atoms with Gasteiger partial charge in [-0.25, -0.2) is 9.37 Å². The first-order valence-corrected chi connectivity index (χ1v) is 8.06. The van der Waals surface area contributed by atoms with Gasteiger partial charge in [0.2, 0.25) is 0 Å². The third-order valence-electron chi connectivity index (χ3n) is 3.21. The average molecular weight is 333 g/mol. The summed E-state index contributed by atoms with van der Waals surface area (Å²) in [5.74, 6) is -0.215. The molecule has 3 aromatic rings. The SMILES string of the molecule is Fc1ccc(CNCc2ncc(-c3ccccc3Cl)s2)cc1. The van der Waals surface area contributed by atoms with Gasteiger partial charge in [0, 0.05) is 29.9 Å². The fraction of sp³-hybridized carbons (Fsp3) is 0.118. The van der Waals surface area contributed by atoms with Crippen LogP contribution >= 0.6 is 22.9 Å². The molecule has 0 fully saturated rings. The van der Waals surface area contributed by atoms with Crippen LogP contribution in [0.1, 0.15) is 10.6 Å². The molecule has 22 heavy (non-hydrogen) atoms. The first kappa shape index (κ1) is 15.2. The number of nitrogens with one attached hydrogen (secondary N) is 1. The fourth-order valence-electron chi connectivity index (χ4n) is 2.09. The van der Waals surface area contributed by atoms with E-state index in [0.29, 0.717) is 13.1 Å². The Hall–Kier alpha value is -1.75. The van der Waals surface area contributed by atoms with Gasteiger partial charge in [0.15, 0.2) is 0 Å². The zero-order valence-corrected chi connectivity index (χ0v) is 13.3. The Morgan fingerprint density at radius 1 is 1.05 bits per heavy atom. The fourth-order valence-corrected chi connectivity index (χ4v) is 3.31. The van der Waals surface area contributed by atoms with Crippen molar-refractivity contribution in [2.75, 3.05) is 0 Å². The Morgan fingerprint density at radius 3 is 2.59 bits per heavy atom. The van der Waals surface area contributed by atoms with Crippen molar-refractivity contribution in [3.05, 3.63) is 76.1 Å². The van der Waals surface area contributed by atoms with Gasteiger partial charge in [-0.2, -0.15) is 0 Å². The first-order valence-electron chi connectivity index (χ1n) is 6.87. The maximum absolute atomic E-state index is 12.8. The molecule has 0 unspecified atom stereocenters. The summed E-state index contributed by atoms with van der Waals surface area (Å²) in [5, 5.41) is 5.04. The number of thiazole rings is 1. The molecule has 0 spiro atoms. The predicted octanol–water partition coefficient (Wildman–Crippen LogP) is 4.89. The van der Waals surface area contributed by atoms with Crippen LogP contribution in [-0.2, 0) is 13.1 Å². The second-order valence-corrected chi connectivity index (χ2v) is 6.35. The molecular formula is C17H14ClFN2S. The standard InChI is InChI=1S/C17H14ClFN2S/c18-15-4-2-1-3-14(15)16-10-21-17(22-16)11-20-9-12-5-7-13(19)8-6-12/h1-8,10,20H,9,11H2. The third-order valence-corrected chi connectivity index (χ3v) is 4.57. The summed E-state index contributed by atoms with van der Waals surface area (Å²) in [7, 11) is 0. The lowest BCUT2D eigenvalue weighted by atomic mass is 10.2. The minimum Gasteiger partial charge on any atom is -0.306 e. The van der Waals surface area contributed by atoms with Crippen molar-refractivity contribution in [2.24, 2.45) is 0 Å². The summed E-state index contributed by atoms with van der Waals surface area (Å²) < 4.78 is 12.8. The number of benzene rings is 2. The minimum atomic E-state index is -0.215. The molecule has 0 atom stereocenters. The monoisotopic (exact) mass is 332 g/mol. The quantitative estimate of drug-likeness (QED) is 0.719. The van der Waals surface area contributed by atoms with Crippen LogP contribution in [0.25, 0.3) is 10.4 Å². The van der Waals surface area contributed by atoms with Gasteiger partial charge in [0.05, 0.1) is 4.88 Å². The molecule has 0 amide bonds. The zero-order valence-electron chi connectivity index (χ0n) is 11.7. The lowest BCUT2D eigenvalue weighted by molar-refractivity contribution is 0.625. The van der Waals surface area contributed by atoms with Crippen molar-refractivity contribution in [3.63, 3.8) is 0 Å². The molecule has 0 saturated carbocycles. The first-order chi connectivity index (χ1) is 10.7. The summed E-state index contributed by atoms with van der Waals surface area (Å²) in [6.45, 7) is 1.35. The van der Waals surface area contributed by atoms with Gasteiger partial charge < -0.3 is 5.32 Å². The molecule has 0 aliphatic carbocycles. The second kappa shape index (κ2) is 7.01. The Labute approximate surface area is 137 Å². The average Bonchev–Trinajstić information content (AvgIpc) is 2.98. The van der Waals surface area contributed by atoms with Crippen LogP contribution in [0, 0.1) is 5.82 Å². The maximum Gasteiger partial charge on any atom is 0.123 e. The van der Waals surface area contributed by atoms with Crippen LogP contribution in [0.2, 0.25) is 5.02 Å². The largest absolute Gasteiger partial charge is 0.306 e. The molecular weight excluding hydrogens is 319 g/mol. The lowest BCUT2D eigenvalue weighted by Crippen LogP contribution is -2.12. The van der Waals surface area contributed by atoms with E-state index < -0.39 is 0 Å². The van der Waals surface area contributed by atoms with E-state index in [0.717, 1.165) is 26.0 Å². The van der Waals surface area contributed by atoms with Crippen LogP contribution < -0.4 is 5.32 Å². The highest BCUT2D eigenvalue weighted by Gasteiger charge is 2.07. The Bertz CT molecular complexity index is 755. The molecule has 1 N–H and O–H groups in total. The molecule has 112 valence electrons. The zero-order chi connectivity index (χ0) is 15.4. The number of hydrogen-bond donors (Lipinski definition) is 1. The van der Waals surface area contributed by atoms with Gasteiger partial charge in [-0.3, -0.25) is 0 Å². The summed E-state index contributed by atoms with van der Waals surface area (Å²) in [4.78, 5) is 5.48. The molecule has 0 aliphatic rings. The van der Waals surface area contributed by atoms with E-state index >= 15 is 0 Å². The minimum absolute atomic E-state index is 0.215. The number of hydrogen-bond acceptors (Lipinski definition) is 3. The highest BCUT2D eigenvalue weighted by atomic mass is 35.5. The molecule has 3 rings (SSSR count). The molecule has 2 nitrogen and oxygen atoms in total. The highest BCUT2D eigenvalue weighted by molar-refractivity contribution is 7.15. The molecule has 0 radical (unpaired) electrons. The molecule has 1 aromatic heterocycles. The van der Waals surface area contributed by atoms with Crippen LogP contribution in [0.3, 0.4) is 0 Å². The highest BCUT2D eigenvalue weighted by Crippen LogP contribution is 2.31. The van der Waals surface area contributed by atoms with E-state index in [1.54, 1.807) is 23.5 Å². The molecule has 2 aromatic carbocycles. The van der Waals surface area contributed by atoms with Crippen LogP contribution in [0.15, 0.2) is 54.7 Å². The Morgan fingerprint density at radius 2 is 1.82 bits per heavy atom. The topological polar surface area (TPSA) is 24.9 Å². The van der Waals surface area contributed by atoms with Crippen LogP contribution in [-0.4, -0.2) is 4.98 Å². The summed E-state index contributed by atoms with van der Waals surface area (Å²) in [6.07, 6.45) is 1.85. The summed E-state index contributed by atoms with van der Waals surface area (Å²) in [5.41, 5.74) is 2.05. The van der Waals surface area contributed by atoms with Crippen LogP contribution in [0.5, 0.6) is 0 Å². The van der Waals surface area contributed by atoms with E-state index in [-0.39, 0.29) is 5.82 Å². The van der Waals surface area contributed by atoms with Gasteiger partial charge in [0.25, 0.3) is 0 Å². The number of nitrogens with zero attached hydrogens (tertiary/aromatic N) is 1. The molecule has 0 saturated heterocycles. The predicted molar refractivity (Wildman–Crippen MR) is 89.5 cm³/mol. The van der Waals surface area contributed by atoms with Gasteiger partial charge >= 0.3 is 0 Å². The van der Waals surface area contributed by atoms with Crippen molar-refractivity contribution in [3.8, 4) is 10.4 Å². The van der Waals surface area contributed by atoms with E-state index in [1.165, 1.54) is 12.1 Å². The van der Waals surface area contributed by atoms with Crippen molar-refractivity contribution in [1.82, 2.24) is 10.3 Å². The maximum atomic E-state index is 12.8. The van der Waals surface area contributed by atoms with Crippen molar-refractivity contribution in [1.29, 1.82) is 0 Å². The molecule has 0 aliphatic heterocycles. The lowest BCUT2D eigenvalue weighted by Gasteiger charge is -2.02. The van der Waals surface area contributed by atoms with Gasteiger partial charge in [-0.1, -0.05) is 41.9 Å². The van der Waals surface area contributed by atoms with E-state index in [1.807, 2.05) is 30.5 Å². The van der Waals surface area contributed by atoms with Crippen molar-refractivity contribution in [2.45, 2.75) is 13.1 Å². The second-order valence-electron chi connectivity index (χ2n) is 4.83. The normalized spacial score (nSPS) is 10.8. The molecule has 0 bridgehead atoms. The Balaban J connectivity index is 1.60. The van der Waals surface area contributed by atoms with Gasteiger partial charge in [-0.05, 0) is 23.8 Å². The smallest absolute Gasteiger partial charge is 0.123 e. The summed E-state index contributed by atoms with van der Waals surface area (Å²) in [6, 6.07) is 14.2. The van der Waals surface area contributed by atoms with Crippen molar-refractivity contribution < 1.29 is 4.39 Å². The van der Waals surface area contributed by atoms with Gasteiger partial charge in [-0.15, -0.1) is 11.3 Å². The number of aromatic nitrogens is 1. The van der Waals surface area contributed by atoms with E-state index in [9.17, 15) is 4.39 Å². The Kier molecular flexibility index (Phi) is 4.83. The molecule has 5 heteroatoms. The molecule has 1 heterocycles. The number of halogens is 2. The summed E-state index contributed by atoms with van der Waals surface area (Å²) >= 11 is 7.82. The van der Waals surface area contributed by atoms with E-state index in [2.05, 4.69) is 10.3 Å². The van der Waals surface area contributed by atoms with Crippen LogP contribution in [0.4, 0.5) is 4.39 Å². The van der Waals surface area contributed by atoms with E-state index in [4.69, 9.17) is 11.6 Å². The van der Waals surface area contributed by atoms with Gasteiger partial charge in [0.1, 0.15) is 10.8 Å². The van der Waals surface area contributed by atoms with Crippen molar-refractivity contribution >= 4 is 22.9 Å².